The van der Waals surface area contributed by atoms with E-state index in [9.17, 15) is 9.00 Å². The zero-order chi connectivity index (χ0) is 11.3. The summed E-state index contributed by atoms with van der Waals surface area (Å²) in [5.41, 5.74) is -0.179. The minimum absolute atomic E-state index is 0.179. The highest BCUT2D eigenvalue weighted by Crippen LogP contribution is 1.97. The summed E-state index contributed by atoms with van der Waals surface area (Å²) in [4.78, 5) is 17.7. The van der Waals surface area contributed by atoms with Gasteiger partial charge in [-0.05, 0) is 6.92 Å². The minimum atomic E-state index is -0.788. The quantitative estimate of drug-likeness (QED) is 0.759. The number of nitrogens with one attached hydrogen (secondary N) is 2. The highest BCUT2D eigenvalue weighted by atomic mass is 32.2. The lowest BCUT2D eigenvalue weighted by Crippen LogP contribution is -2.16. The van der Waals surface area contributed by atoms with Crippen LogP contribution in [0.3, 0.4) is 0 Å². The summed E-state index contributed by atoms with van der Waals surface area (Å²) in [6.45, 7) is 4.17. The zero-order valence-electron chi connectivity index (χ0n) is 8.87. The molecule has 0 saturated heterocycles. The molecule has 1 aromatic heterocycles. The van der Waals surface area contributed by atoms with Gasteiger partial charge in [0.1, 0.15) is 11.6 Å². The first-order valence-corrected chi connectivity index (χ1v) is 6.27. The van der Waals surface area contributed by atoms with E-state index in [1.54, 1.807) is 6.92 Å². The number of aromatic amines is 1. The monoisotopic (exact) mass is 229 g/mol. The number of rotatable bonds is 5. The predicted octanol–water partition coefficient (Wildman–Crippen LogP) is 0.259. The van der Waals surface area contributed by atoms with Crippen LogP contribution in [0.5, 0.6) is 0 Å². The van der Waals surface area contributed by atoms with Gasteiger partial charge in [0.25, 0.3) is 5.56 Å². The Labute approximate surface area is 90.8 Å². The van der Waals surface area contributed by atoms with E-state index in [4.69, 9.17) is 0 Å². The number of hydrogen-bond acceptors (Lipinski definition) is 4. The van der Waals surface area contributed by atoms with Gasteiger partial charge >= 0.3 is 0 Å². The molecule has 0 amide bonds. The lowest BCUT2D eigenvalue weighted by atomic mass is 10.5. The van der Waals surface area contributed by atoms with Crippen LogP contribution in [0.2, 0.25) is 0 Å². The minimum Gasteiger partial charge on any atom is -0.369 e. The first-order chi connectivity index (χ1) is 7.11. The fourth-order valence-corrected chi connectivity index (χ4v) is 1.73. The summed E-state index contributed by atoms with van der Waals surface area (Å²) in [5, 5.41) is 2.97. The van der Waals surface area contributed by atoms with Crippen molar-refractivity contribution < 1.29 is 4.21 Å². The highest BCUT2D eigenvalue weighted by molar-refractivity contribution is 7.84. The van der Waals surface area contributed by atoms with Crippen LogP contribution < -0.4 is 10.9 Å². The van der Waals surface area contributed by atoms with Crippen molar-refractivity contribution in [2.24, 2.45) is 0 Å². The molecule has 0 fully saturated rings. The molecular weight excluding hydrogens is 214 g/mol. The standard InChI is InChI=1S/C9H15N3O2S/c1-3-15(14)5-4-10-8-6-9(13)12-7(2)11-8/h6H,3-5H2,1-2H3,(H2,10,11,12,13). The van der Waals surface area contributed by atoms with Crippen molar-refractivity contribution in [3.8, 4) is 0 Å². The van der Waals surface area contributed by atoms with Gasteiger partial charge in [-0.3, -0.25) is 9.00 Å². The van der Waals surface area contributed by atoms with Crippen molar-refractivity contribution in [1.82, 2.24) is 9.97 Å². The average molecular weight is 229 g/mol. The Kier molecular flexibility index (Phi) is 4.48. The van der Waals surface area contributed by atoms with Crippen molar-refractivity contribution in [1.29, 1.82) is 0 Å². The molecule has 2 N–H and O–H groups in total. The van der Waals surface area contributed by atoms with E-state index in [-0.39, 0.29) is 5.56 Å². The van der Waals surface area contributed by atoms with Crippen LogP contribution in [-0.2, 0) is 10.8 Å². The first-order valence-electron chi connectivity index (χ1n) is 4.78. The second kappa shape index (κ2) is 5.65. The van der Waals surface area contributed by atoms with Crippen molar-refractivity contribution >= 4 is 16.6 Å². The molecular formula is C9H15N3O2S. The van der Waals surface area contributed by atoms with Gasteiger partial charge < -0.3 is 10.3 Å². The van der Waals surface area contributed by atoms with E-state index in [1.807, 2.05) is 6.92 Å². The molecule has 1 unspecified atom stereocenters. The lowest BCUT2D eigenvalue weighted by molar-refractivity contribution is 0.684. The van der Waals surface area contributed by atoms with Crippen molar-refractivity contribution in [3.05, 3.63) is 22.2 Å². The van der Waals surface area contributed by atoms with E-state index in [2.05, 4.69) is 15.3 Å². The topological polar surface area (TPSA) is 74.8 Å². The molecule has 6 heteroatoms. The van der Waals surface area contributed by atoms with Crippen molar-refractivity contribution in [2.75, 3.05) is 23.4 Å². The number of aromatic nitrogens is 2. The van der Waals surface area contributed by atoms with Gasteiger partial charge in [-0.15, -0.1) is 0 Å². The van der Waals surface area contributed by atoms with E-state index >= 15 is 0 Å². The number of nitrogens with zero attached hydrogens (tertiary/aromatic N) is 1. The molecule has 0 aromatic carbocycles. The molecule has 1 rings (SSSR count). The Bertz CT molecular complexity index is 403. The molecule has 0 bridgehead atoms. The number of aryl methyl sites for hydroxylation is 1. The molecule has 1 atom stereocenters. The third-order valence-corrected chi connectivity index (χ3v) is 3.12. The van der Waals surface area contributed by atoms with Crippen LogP contribution in [0.4, 0.5) is 5.82 Å². The maximum Gasteiger partial charge on any atom is 0.252 e. The second-order valence-corrected chi connectivity index (χ2v) is 4.94. The molecule has 0 spiro atoms. The Balaban J connectivity index is 2.51. The normalized spacial score (nSPS) is 12.4. The molecule has 84 valence electrons. The summed E-state index contributed by atoms with van der Waals surface area (Å²) in [5.74, 6) is 2.33. The summed E-state index contributed by atoms with van der Waals surface area (Å²) >= 11 is 0. The predicted molar refractivity (Wildman–Crippen MR) is 61.6 cm³/mol. The summed E-state index contributed by atoms with van der Waals surface area (Å²) < 4.78 is 11.1. The molecule has 15 heavy (non-hydrogen) atoms. The molecule has 1 heterocycles. The Morgan fingerprint density at radius 2 is 2.33 bits per heavy atom. The Hall–Kier alpha value is -1.17. The highest BCUT2D eigenvalue weighted by Gasteiger charge is 1.99. The molecule has 0 aliphatic heterocycles. The Morgan fingerprint density at radius 3 is 2.93 bits per heavy atom. The number of anilines is 1. The lowest BCUT2D eigenvalue weighted by Gasteiger charge is -2.04. The molecule has 5 nitrogen and oxygen atoms in total. The molecule has 0 aliphatic carbocycles. The Morgan fingerprint density at radius 1 is 1.60 bits per heavy atom. The largest absolute Gasteiger partial charge is 0.369 e. The average Bonchev–Trinajstić information content (AvgIpc) is 2.16. The van der Waals surface area contributed by atoms with Gasteiger partial charge in [0.05, 0.1) is 0 Å². The number of H-pyrrole nitrogens is 1. The SMILES string of the molecule is CCS(=O)CCNc1cc(=O)[nH]c(C)n1. The van der Waals surface area contributed by atoms with E-state index in [0.717, 1.165) is 0 Å². The van der Waals surface area contributed by atoms with Crippen LogP contribution in [0.25, 0.3) is 0 Å². The molecule has 0 saturated carbocycles. The molecule has 1 aromatic rings. The third-order valence-electron chi connectivity index (χ3n) is 1.82. The van der Waals surface area contributed by atoms with Gasteiger partial charge in [-0.1, -0.05) is 6.92 Å². The summed E-state index contributed by atoms with van der Waals surface area (Å²) in [6.07, 6.45) is 0. The van der Waals surface area contributed by atoms with Gasteiger partial charge in [0.2, 0.25) is 0 Å². The van der Waals surface area contributed by atoms with Gasteiger partial charge in [-0.2, -0.15) is 0 Å². The second-order valence-electron chi connectivity index (χ2n) is 3.08. The number of hydrogen-bond donors (Lipinski definition) is 2. The van der Waals surface area contributed by atoms with Crippen molar-refractivity contribution in [3.63, 3.8) is 0 Å². The third kappa shape index (κ3) is 4.24. The molecule has 0 radical (unpaired) electrons. The summed E-state index contributed by atoms with van der Waals surface area (Å²) in [6, 6.07) is 1.39. The smallest absolute Gasteiger partial charge is 0.252 e. The van der Waals surface area contributed by atoms with Gasteiger partial charge in [-0.25, -0.2) is 4.98 Å². The van der Waals surface area contributed by atoms with Gasteiger partial charge in [0, 0.05) is 34.9 Å². The van der Waals surface area contributed by atoms with Crippen LogP contribution in [0.1, 0.15) is 12.7 Å². The maximum atomic E-state index is 11.1. The van der Waals surface area contributed by atoms with Crippen LogP contribution >= 0.6 is 0 Å². The fourth-order valence-electron chi connectivity index (χ4n) is 1.11. The summed E-state index contributed by atoms with van der Waals surface area (Å²) in [7, 11) is -0.788. The fraction of sp³-hybridized carbons (Fsp3) is 0.556. The van der Waals surface area contributed by atoms with E-state index in [0.29, 0.717) is 29.7 Å². The maximum absolute atomic E-state index is 11.1. The van der Waals surface area contributed by atoms with E-state index < -0.39 is 10.8 Å². The van der Waals surface area contributed by atoms with Crippen LogP contribution in [0.15, 0.2) is 10.9 Å². The van der Waals surface area contributed by atoms with Gasteiger partial charge in [0.15, 0.2) is 0 Å². The van der Waals surface area contributed by atoms with Crippen LogP contribution in [0, 0.1) is 6.92 Å². The zero-order valence-corrected chi connectivity index (χ0v) is 9.69. The first kappa shape index (κ1) is 11.9. The van der Waals surface area contributed by atoms with Crippen LogP contribution in [-0.4, -0.2) is 32.2 Å². The molecule has 0 aliphatic rings. The van der Waals surface area contributed by atoms with E-state index in [1.165, 1.54) is 6.07 Å². The van der Waals surface area contributed by atoms with Crippen molar-refractivity contribution in [2.45, 2.75) is 13.8 Å².